The molecule has 2 amide bonds. The van der Waals surface area contributed by atoms with E-state index >= 15 is 0 Å². The molecule has 0 aliphatic carbocycles. The smallest absolute Gasteiger partial charge is 0.253 e. The van der Waals surface area contributed by atoms with Crippen molar-refractivity contribution in [2.45, 2.75) is 25.2 Å². The van der Waals surface area contributed by atoms with Gasteiger partial charge in [0.2, 0.25) is 5.91 Å². The van der Waals surface area contributed by atoms with Crippen molar-refractivity contribution in [1.82, 2.24) is 4.90 Å². The highest BCUT2D eigenvalue weighted by atomic mass is 32.2. The monoisotopic (exact) mass is 406 g/mol. The minimum absolute atomic E-state index is 0.0269. The van der Waals surface area contributed by atoms with Gasteiger partial charge in [0.1, 0.15) is 5.82 Å². The Kier molecular flexibility index (Phi) is 7.28. The second-order valence-electron chi connectivity index (χ2n) is 6.13. The van der Waals surface area contributed by atoms with Gasteiger partial charge in [0.25, 0.3) is 5.91 Å². The number of carbonyl (C=O) groups is 2. The fourth-order valence-electron chi connectivity index (χ4n) is 2.60. The summed E-state index contributed by atoms with van der Waals surface area (Å²) in [6.45, 7) is 5.01. The molecule has 28 heavy (non-hydrogen) atoms. The summed E-state index contributed by atoms with van der Waals surface area (Å²) < 4.78 is 37.3. The zero-order valence-electron chi connectivity index (χ0n) is 15.8. The van der Waals surface area contributed by atoms with Crippen LogP contribution in [-0.2, 0) is 14.6 Å². The van der Waals surface area contributed by atoms with Gasteiger partial charge in [-0.15, -0.1) is 0 Å². The summed E-state index contributed by atoms with van der Waals surface area (Å²) in [5.74, 6) is -1.47. The van der Waals surface area contributed by atoms with Gasteiger partial charge < -0.3 is 10.2 Å². The van der Waals surface area contributed by atoms with E-state index in [2.05, 4.69) is 5.32 Å². The topological polar surface area (TPSA) is 83.6 Å². The van der Waals surface area contributed by atoms with Crippen LogP contribution in [0.5, 0.6) is 0 Å². The summed E-state index contributed by atoms with van der Waals surface area (Å²) in [6, 6.07) is 10.9. The number of sulfone groups is 1. The van der Waals surface area contributed by atoms with Crippen LogP contribution < -0.4 is 5.32 Å². The summed E-state index contributed by atoms with van der Waals surface area (Å²) in [7, 11) is -3.68. The third-order valence-corrected chi connectivity index (χ3v) is 5.97. The molecule has 0 radical (unpaired) electrons. The van der Waals surface area contributed by atoms with Crippen LogP contribution in [0, 0.1) is 5.82 Å². The third kappa shape index (κ3) is 5.63. The molecule has 2 aromatic carbocycles. The molecule has 0 aliphatic heterocycles. The summed E-state index contributed by atoms with van der Waals surface area (Å²) >= 11 is 0. The van der Waals surface area contributed by atoms with Gasteiger partial charge in [-0.05, 0) is 62.4 Å². The Balaban J connectivity index is 1.94. The van der Waals surface area contributed by atoms with Gasteiger partial charge in [-0.2, -0.15) is 0 Å². The third-order valence-electron chi connectivity index (χ3n) is 4.24. The van der Waals surface area contributed by atoms with Crippen molar-refractivity contribution >= 4 is 27.3 Å². The van der Waals surface area contributed by atoms with Crippen LogP contribution >= 0.6 is 0 Å². The van der Waals surface area contributed by atoms with E-state index in [9.17, 15) is 22.4 Å². The van der Waals surface area contributed by atoms with E-state index in [0.717, 1.165) is 12.1 Å². The summed E-state index contributed by atoms with van der Waals surface area (Å²) in [6.07, 6.45) is -0.236. The van der Waals surface area contributed by atoms with Gasteiger partial charge >= 0.3 is 0 Å². The average molecular weight is 406 g/mol. The first-order valence-electron chi connectivity index (χ1n) is 8.94. The van der Waals surface area contributed by atoms with E-state index in [4.69, 9.17) is 0 Å². The van der Waals surface area contributed by atoms with Crippen molar-refractivity contribution in [3.8, 4) is 0 Å². The Bertz CT molecular complexity index is 922. The fraction of sp³-hybridized carbons (Fsp3) is 0.300. The minimum atomic E-state index is -3.68. The predicted octanol–water partition coefficient (Wildman–Crippen LogP) is 3.11. The van der Waals surface area contributed by atoms with Crippen LogP contribution in [0.4, 0.5) is 10.1 Å². The van der Waals surface area contributed by atoms with Crippen LogP contribution in [0.3, 0.4) is 0 Å². The number of rotatable bonds is 8. The van der Waals surface area contributed by atoms with E-state index in [1.165, 1.54) is 12.1 Å². The number of hydrogen-bond acceptors (Lipinski definition) is 4. The molecule has 0 fully saturated rings. The molecule has 0 aliphatic rings. The second kappa shape index (κ2) is 9.45. The molecule has 0 heterocycles. The number of halogens is 1. The van der Waals surface area contributed by atoms with Crippen molar-refractivity contribution < 1.29 is 22.4 Å². The Morgan fingerprint density at radius 1 is 0.964 bits per heavy atom. The molecular weight excluding hydrogens is 383 g/mol. The maximum absolute atomic E-state index is 12.9. The molecule has 150 valence electrons. The SMILES string of the molecule is CCN(CC)C(=O)c1ccc(NC(=O)CCS(=O)(=O)c2ccc(F)cc2)cc1. The summed E-state index contributed by atoms with van der Waals surface area (Å²) in [5.41, 5.74) is 0.987. The highest BCUT2D eigenvalue weighted by Crippen LogP contribution is 2.15. The lowest BCUT2D eigenvalue weighted by atomic mass is 10.1. The molecule has 6 nitrogen and oxygen atoms in total. The molecule has 0 atom stereocenters. The van der Waals surface area contributed by atoms with Gasteiger partial charge in [0.15, 0.2) is 9.84 Å². The Morgan fingerprint density at radius 2 is 1.54 bits per heavy atom. The zero-order chi connectivity index (χ0) is 20.7. The van der Waals surface area contributed by atoms with Gasteiger partial charge in [0, 0.05) is 30.8 Å². The average Bonchev–Trinajstić information content (AvgIpc) is 2.68. The molecule has 0 aromatic heterocycles. The van der Waals surface area contributed by atoms with Gasteiger partial charge in [-0.1, -0.05) is 0 Å². The molecule has 2 aromatic rings. The Hall–Kier alpha value is -2.74. The lowest BCUT2D eigenvalue weighted by Gasteiger charge is -2.18. The van der Waals surface area contributed by atoms with Crippen molar-refractivity contribution in [3.63, 3.8) is 0 Å². The minimum Gasteiger partial charge on any atom is -0.339 e. The Labute approximate surface area is 164 Å². The number of nitrogens with zero attached hydrogens (tertiary/aromatic N) is 1. The Morgan fingerprint density at radius 3 is 2.07 bits per heavy atom. The fourth-order valence-corrected chi connectivity index (χ4v) is 3.84. The molecule has 0 saturated carbocycles. The van der Waals surface area contributed by atoms with Gasteiger partial charge in [-0.25, -0.2) is 12.8 Å². The molecule has 2 rings (SSSR count). The van der Waals surface area contributed by atoms with Crippen LogP contribution in [0.25, 0.3) is 0 Å². The van der Waals surface area contributed by atoms with Gasteiger partial charge in [0.05, 0.1) is 10.6 Å². The number of carbonyl (C=O) groups excluding carboxylic acids is 2. The summed E-state index contributed by atoms with van der Waals surface area (Å²) in [4.78, 5) is 26.0. The molecule has 1 N–H and O–H groups in total. The number of hydrogen-bond donors (Lipinski definition) is 1. The maximum Gasteiger partial charge on any atom is 0.253 e. The molecule has 0 saturated heterocycles. The normalized spacial score (nSPS) is 11.1. The lowest BCUT2D eigenvalue weighted by molar-refractivity contribution is -0.115. The van der Waals surface area contributed by atoms with Crippen molar-refractivity contribution in [3.05, 3.63) is 59.9 Å². The predicted molar refractivity (Wildman–Crippen MR) is 105 cm³/mol. The molecule has 8 heteroatoms. The van der Waals surface area contributed by atoms with E-state index in [1.54, 1.807) is 29.2 Å². The lowest BCUT2D eigenvalue weighted by Crippen LogP contribution is -2.30. The number of anilines is 1. The number of benzene rings is 2. The van der Waals surface area contributed by atoms with E-state index < -0.39 is 21.6 Å². The highest BCUT2D eigenvalue weighted by molar-refractivity contribution is 7.91. The van der Waals surface area contributed by atoms with Crippen LogP contribution in [-0.4, -0.2) is 44.0 Å². The summed E-state index contributed by atoms with van der Waals surface area (Å²) in [5, 5.41) is 2.61. The van der Waals surface area contributed by atoms with E-state index in [0.29, 0.717) is 24.3 Å². The first-order chi connectivity index (χ1) is 13.3. The van der Waals surface area contributed by atoms with E-state index in [-0.39, 0.29) is 23.0 Å². The van der Waals surface area contributed by atoms with E-state index in [1.807, 2.05) is 13.8 Å². The van der Waals surface area contributed by atoms with Crippen molar-refractivity contribution in [2.75, 3.05) is 24.2 Å². The maximum atomic E-state index is 12.9. The largest absolute Gasteiger partial charge is 0.339 e. The second-order valence-corrected chi connectivity index (χ2v) is 8.23. The number of nitrogens with one attached hydrogen (secondary N) is 1. The quantitative estimate of drug-likeness (QED) is 0.683. The molecule has 0 spiro atoms. The van der Waals surface area contributed by atoms with Gasteiger partial charge in [-0.3, -0.25) is 9.59 Å². The first kappa shape index (κ1) is 21.6. The first-order valence-corrected chi connectivity index (χ1v) is 10.6. The molecule has 0 bridgehead atoms. The standard InChI is InChI=1S/C20H23FN2O4S/c1-3-23(4-2)20(25)15-5-9-17(10-6-15)22-19(24)13-14-28(26,27)18-11-7-16(21)8-12-18/h5-12H,3-4,13-14H2,1-2H3,(H,22,24). The number of amides is 2. The van der Waals surface area contributed by atoms with Crippen LogP contribution in [0.1, 0.15) is 30.6 Å². The van der Waals surface area contributed by atoms with Crippen molar-refractivity contribution in [2.24, 2.45) is 0 Å². The van der Waals surface area contributed by atoms with Crippen LogP contribution in [0.15, 0.2) is 53.4 Å². The molecule has 0 unspecified atom stereocenters. The molecular formula is C20H23FN2O4S. The zero-order valence-corrected chi connectivity index (χ0v) is 16.6. The van der Waals surface area contributed by atoms with Crippen molar-refractivity contribution in [1.29, 1.82) is 0 Å². The highest BCUT2D eigenvalue weighted by Gasteiger charge is 2.17. The van der Waals surface area contributed by atoms with Crippen LogP contribution in [0.2, 0.25) is 0 Å².